The minimum atomic E-state index is -0.0117. The quantitative estimate of drug-likeness (QED) is 0.394. The van der Waals surface area contributed by atoms with Gasteiger partial charge >= 0.3 is 0 Å². The van der Waals surface area contributed by atoms with Crippen LogP contribution in [0.5, 0.6) is 5.75 Å². The van der Waals surface area contributed by atoms with Crippen LogP contribution in [0, 0.1) is 11.8 Å². The van der Waals surface area contributed by atoms with Crippen LogP contribution in [0.2, 0.25) is 0 Å². The number of nitrogens with zero attached hydrogens (tertiary/aromatic N) is 1. The van der Waals surface area contributed by atoms with Crippen LogP contribution in [-0.4, -0.2) is 49.3 Å². The Morgan fingerprint density at radius 1 is 1.00 bits per heavy atom. The third-order valence-electron chi connectivity index (χ3n) is 7.60. The molecule has 5 nitrogen and oxygen atoms in total. The first-order valence-corrected chi connectivity index (χ1v) is 14.3. The van der Waals surface area contributed by atoms with E-state index in [1.807, 2.05) is 24.3 Å². The molecule has 2 aliphatic rings. The molecule has 2 aromatic rings. The van der Waals surface area contributed by atoms with E-state index in [9.17, 15) is 4.79 Å². The molecule has 4 rings (SSSR count). The standard InChI is InChI=1S/C32H46N2O3/c1-22(2)19-34(20-23(3)4)24(5)26-8-9-28-18-29(13-10-27(28)17-26)33-32(35)25-11-14-30(15-12-25)37-21-31-7-6-16-36-31/h8-9,11-12,14-15,17,22-24,29,31H,6-7,10,13,16,18-21H2,1-5H3,(H,33,35)/t24-,29+,31+/m1/s1. The van der Waals surface area contributed by atoms with Gasteiger partial charge in [0.05, 0.1) is 6.10 Å². The molecule has 1 aliphatic carbocycles. The van der Waals surface area contributed by atoms with Crippen molar-refractivity contribution < 1.29 is 14.3 Å². The average Bonchev–Trinajstić information content (AvgIpc) is 3.40. The molecule has 1 N–H and O–H groups in total. The van der Waals surface area contributed by atoms with Gasteiger partial charge in [-0.15, -0.1) is 0 Å². The number of aryl methyl sites for hydroxylation is 1. The van der Waals surface area contributed by atoms with Gasteiger partial charge in [0, 0.05) is 37.3 Å². The van der Waals surface area contributed by atoms with Gasteiger partial charge in [-0.05, 0) is 91.8 Å². The molecule has 2 aromatic carbocycles. The Morgan fingerprint density at radius 3 is 2.38 bits per heavy atom. The van der Waals surface area contributed by atoms with E-state index in [0.717, 1.165) is 57.6 Å². The van der Waals surface area contributed by atoms with Crippen LogP contribution in [0.3, 0.4) is 0 Å². The van der Waals surface area contributed by atoms with Gasteiger partial charge in [0.25, 0.3) is 5.91 Å². The highest BCUT2D eigenvalue weighted by molar-refractivity contribution is 5.94. The topological polar surface area (TPSA) is 50.8 Å². The molecule has 5 heteroatoms. The first kappa shape index (κ1) is 27.7. The summed E-state index contributed by atoms with van der Waals surface area (Å²) < 4.78 is 11.4. The number of hydrogen-bond acceptors (Lipinski definition) is 4. The van der Waals surface area contributed by atoms with Crippen LogP contribution in [-0.2, 0) is 17.6 Å². The number of nitrogens with one attached hydrogen (secondary N) is 1. The zero-order valence-electron chi connectivity index (χ0n) is 23.5. The first-order chi connectivity index (χ1) is 17.8. The third kappa shape index (κ3) is 7.81. The molecule has 0 spiro atoms. The van der Waals surface area contributed by atoms with Crippen LogP contribution in [0.4, 0.5) is 0 Å². The Bertz CT molecular complexity index is 1000. The fourth-order valence-electron chi connectivity index (χ4n) is 5.63. The van der Waals surface area contributed by atoms with Crippen LogP contribution in [0.1, 0.15) is 87.0 Å². The first-order valence-electron chi connectivity index (χ1n) is 14.3. The van der Waals surface area contributed by atoms with E-state index >= 15 is 0 Å². The van der Waals surface area contributed by atoms with Gasteiger partial charge in [-0.3, -0.25) is 9.69 Å². The Balaban J connectivity index is 1.32. The molecule has 1 heterocycles. The highest BCUT2D eigenvalue weighted by Crippen LogP contribution is 2.29. The van der Waals surface area contributed by atoms with E-state index in [-0.39, 0.29) is 18.1 Å². The van der Waals surface area contributed by atoms with Crippen LogP contribution >= 0.6 is 0 Å². The fraction of sp³-hybridized carbons (Fsp3) is 0.594. The van der Waals surface area contributed by atoms with Gasteiger partial charge < -0.3 is 14.8 Å². The van der Waals surface area contributed by atoms with Gasteiger partial charge in [0.1, 0.15) is 12.4 Å². The molecule has 0 aromatic heterocycles. The van der Waals surface area contributed by atoms with Gasteiger partial charge in [0.2, 0.25) is 0 Å². The van der Waals surface area contributed by atoms with Crippen molar-refractivity contribution in [1.29, 1.82) is 0 Å². The maximum absolute atomic E-state index is 12.9. The van der Waals surface area contributed by atoms with Gasteiger partial charge in [-0.1, -0.05) is 45.9 Å². The minimum Gasteiger partial charge on any atom is -0.491 e. The van der Waals surface area contributed by atoms with Crippen molar-refractivity contribution in [2.24, 2.45) is 11.8 Å². The number of benzene rings is 2. The second kappa shape index (κ2) is 12.9. The Kier molecular flexibility index (Phi) is 9.66. The van der Waals surface area contributed by atoms with Crippen molar-refractivity contribution in [1.82, 2.24) is 10.2 Å². The molecule has 0 unspecified atom stereocenters. The molecule has 0 radical (unpaired) electrons. The Hall–Kier alpha value is -2.37. The Labute approximate surface area is 223 Å². The van der Waals surface area contributed by atoms with Crippen LogP contribution in [0.25, 0.3) is 0 Å². The largest absolute Gasteiger partial charge is 0.491 e. The number of hydrogen-bond donors (Lipinski definition) is 1. The van der Waals surface area contributed by atoms with Crippen molar-refractivity contribution >= 4 is 5.91 Å². The van der Waals surface area contributed by atoms with Crippen LogP contribution < -0.4 is 10.1 Å². The molecular weight excluding hydrogens is 460 g/mol. The highest BCUT2D eigenvalue weighted by atomic mass is 16.5. The molecule has 202 valence electrons. The summed E-state index contributed by atoms with van der Waals surface area (Å²) in [5.41, 5.74) is 4.89. The van der Waals surface area contributed by atoms with E-state index in [0.29, 0.717) is 30.0 Å². The second-order valence-corrected chi connectivity index (χ2v) is 11.8. The third-order valence-corrected chi connectivity index (χ3v) is 7.60. The second-order valence-electron chi connectivity index (χ2n) is 11.8. The fourth-order valence-corrected chi connectivity index (χ4v) is 5.63. The van der Waals surface area contributed by atoms with E-state index in [1.165, 1.54) is 16.7 Å². The molecule has 1 saturated heterocycles. The summed E-state index contributed by atoms with van der Waals surface area (Å²) in [6.45, 7) is 15.2. The van der Waals surface area contributed by atoms with E-state index in [2.05, 4.69) is 63.0 Å². The van der Waals surface area contributed by atoms with Gasteiger partial charge in [0.15, 0.2) is 0 Å². The summed E-state index contributed by atoms with van der Waals surface area (Å²) in [5.74, 6) is 2.07. The minimum absolute atomic E-state index is 0.0117. The van der Waals surface area contributed by atoms with Crippen molar-refractivity contribution in [2.75, 3.05) is 26.3 Å². The number of carbonyl (C=O) groups excluding carboxylic acids is 1. The predicted molar refractivity (Wildman–Crippen MR) is 150 cm³/mol. The molecule has 0 saturated carbocycles. The predicted octanol–water partition coefficient (Wildman–Crippen LogP) is 6.21. The lowest BCUT2D eigenvalue weighted by Crippen LogP contribution is -2.39. The average molecular weight is 507 g/mol. The number of fused-ring (bicyclic) bond motifs is 1. The van der Waals surface area contributed by atoms with Crippen molar-refractivity contribution in [3.8, 4) is 5.75 Å². The zero-order chi connectivity index (χ0) is 26.4. The monoisotopic (exact) mass is 506 g/mol. The van der Waals surface area contributed by atoms with Crippen LogP contribution in [0.15, 0.2) is 42.5 Å². The van der Waals surface area contributed by atoms with Crippen molar-refractivity contribution in [3.05, 3.63) is 64.7 Å². The summed E-state index contributed by atoms with van der Waals surface area (Å²) in [4.78, 5) is 15.5. The molecule has 3 atom stereocenters. The van der Waals surface area contributed by atoms with Crippen molar-refractivity contribution in [2.45, 2.75) is 84.9 Å². The maximum atomic E-state index is 12.9. The SMILES string of the molecule is CC(C)CN(CC(C)C)[C@H](C)c1ccc2c(c1)CC[C@H](NC(=O)c1ccc(OC[C@@H]3CCCO3)cc1)C2. The van der Waals surface area contributed by atoms with E-state index in [4.69, 9.17) is 9.47 Å². The summed E-state index contributed by atoms with van der Waals surface area (Å²) in [6, 6.07) is 15.0. The molecule has 1 aliphatic heterocycles. The lowest BCUT2D eigenvalue weighted by molar-refractivity contribution is 0.0679. The highest BCUT2D eigenvalue weighted by Gasteiger charge is 2.24. The molecule has 0 bridgehead atoms. The Morgan fingerprint density at radius 2 is 1.73 bits per heavy atom. The number of amides is 1. The lowest BCUT2D eigenvalue weighted by Gasteiger charge is -2.33. The molecule has 37 heavy (non-hydrogen) atoms. The number of rotatable bonds is 11. The summed E-state index contributed by atoms with van der Waals surface area (Å²) >= 11 is 0. The zero-order valence-corrected chi connectivity index (χ0v) is 23.5. The molecular formula is C32H46N2O3. The number of carbonyl (C=O) groups is 1. The van der Waals surface area contributed by atoms with E-state index < -0.39 is 0 Å². The maximum Gasteiger partial charge on any atom is 0.251 e. The van der Waals surface area contributed by atoms with E-state index in [1.54, 1.807) is 0 Å². The smallest absolute Gasteiger partial charge is 0.251 e. The molecule has 1 amide bonds. The normalized spacial score (nSPS) is 20.3. The summed E-state index contributed by atoms with van der Waals surface area (Å²) in [6.07, 6.45) is 5.22. The van der Waals surface area contributed by atoms with Gasteiger partial charge in [-0.25, -0.2) is 0 Å². The lowest BCUT2D eigenvalue weighted by atomic mass is 9.86. The summed E-state index contributed by atoms with van der Waals surface area (Å²) in [5, 5.41) is 3.26. The molecule has 1 fully saturated rings. The van der Waals surface area contributed by atoms with Gasteiger partial charge in [-0.2, -0.15) is 0 Å². The van der Waals surface area contributed by atoms with Crippen molar-refractivity contribution in [3.63, 3.8) is 0 Å². The summed E-state index contributed by atoms with van der Waals surface area (Å²) in [7, 11) is 0. The number of ether oxygens (including phenoxy) is 2.